The SMILES string of the molecule is COc1cc(OC(F)(F)F)ccc1[C@H](CCCO)N1CCNCC1. The van der Waals surface area contributed by atoms with Gasteiger partial charge in [0, 0.05) is 50.5 Å². The zero-order valence-corrected chi connectivity index (χ0v) is 13.6. The minimum Gasteiger partial charge on any atom is -0.496 e. The highest BCUT2D eigenvalue weighted by molar-refractivity contribution is 5.42. The Labute approximate surface area is 139 Å². The summed E-state index contributed by atoms with van der Waals surface area (Å²) in [4.78, 5) is 2.26. The van der Waals surface area contributed by atoms with Crippen molar-refractivity contribution in [1.82, 2.24) is 10.2 Å². The van der Waals surface area contributed by atoms with Crippen LogP contribution in [0, 0.1) is 0 Å². The summed E-state index contributed by atoms with van der Waals surface area (Å²) in [6.07, 6.45) is -3.42. The Bertz CT molecular complexity index is 520. The molecule has 5 nitrogen and oxygen atoms in total. The summed E-state index contributed by atoms with van der Waals surface area (Å²) in [5, 5.41) is 12.4. The second kappa shape index (κ2) is 8.55. The third kappa shape index (κ3) is 5.25. The van der Waals surface area contributed by atoms with Gasteiger partial charge in [0.2, 0.25) is 0 Å². The first-order chi connectivity index (χ1) is 11.4. The van der Waals surface area contributed by atoms with Crippen molar-refractivity contribution >= 4 is 0 Å². The highest BCUT2D eigenvalue weighted by Gasteiger charge is 2.32. The number of hydrogen-bond acceptors (Lipinski definition) is 5. The lowest BCUT2D eigenvalue weighted by Gasteiger charge is -2.36. The summed E-state index contributed by atoms with van der Waals surface area (Å²) < 4.78 is 46.4. The lowest BCUT2D eigenvalue weighted by molar-refractivity contribution is -0.274. The summed E-state index contributed by atoms with van der Waals surface area (Å²) >= 11 is 0. The molecule has 1 aliphatic heterocycles. The fraction of sp³-hybridized carbons (Fsp3) is 0.625. The molecule has 8 heteroatoms. The van der Waals surface area contributed by atoms with Crippen molar-refractivity contribution in [2.75, 3.05) is 39.9 Å². The largest absolute Gasteiger partial charge is 0.573 e. The van der Waals surface area contributed by atoms with Crippen LogP contribution in [0.25, 0.3) is 0 Å². The molecule has 136 valence electrons. The molecule has 0 aromatic heterocycles. The molecule has 1 fully saturated rings. The van der Waals surface area contributed by atoms with Crippen LogP contribution in [-0.4, -0.2) is 56.3 Å². The number of benzene rings is 1. The Hall–Kier alpha value is -1.51. The Morgan fingerprint density at radius 1 is 1.29 bits per heavy atom. The van der Waals surface area contributed by atoms with E-state index in [1.54, 1.807) is 6.07 Å². The molecule has 0 radical (unpaired) electrons. The lowest BCUT2D eigenvalue weighted by Crippen LogP contribution is -2.45. The fourth-order valence-corrected chi connectivity index (χ4v) is 2.98. The van der Waals surface area contributed by atoms with Crippen LogP contribution in [0.4, 0.5) is 13.2 Å². The number of nitrogens with zero attached hydrogens (tertiary/aromatic N) is 1. The third-order valence-corrected chi connectivity index (χ3v) is 4.03. The summed E-state index contributed by atoms with van der Waals surface area (Å²) in [7, 11) is 1.43. The number of aliphatic hydroxyl groups excluding tert-OH is 1. The molecule has 0 amide bonds. The molecule has 2 N–H and O–H groups in total. The smallest absolute Gasteiger partial charge is 0.496 e. The molecule has 2 rings (SSSR count). The summed E-state index contributed by atoms with van der Waals surface area (Å²) in [5.74, 6) is 0.0579. The number of halogens is 3. The van der Waals surface area contributed by atoms with Gasteiger partial charge in [-0.05, 0) is 18.9 Å². The summed E-state index contributed by atoms with van der Waals surface area (Å²) in [6.45, 7) is 3.45. The average Bonchev–Trinajstić information content (AvgIpc) is 2.55. The second-order valence-electron chi connectivity index (χ2n) is 5.62. The van der Waals surface area contributed by atoms with Crippen LogP contribution in [-0.2, 0) is 0 Å². The van der Waals surface area contributed by atoms with Gasteiger partial charge in [-0.2, -0.15) is 0 Å². The first-order valence-corrected chi connectivity index (χ1v) is 7.94. The van der Waals surface area contributed by atoms with Crippen LogP contribution in [0.3, 0.4) is 0 Å². The molecule has 1 heterocycles. The first kappa shape index (κ1) is 18.8. The van der Waals surface area contributed by atoms with E-state index in [2.05, 4.69) is 15.0 Å². The molecule has 24 heavy (non-hydrogen) atoms. The van der Waals surface area contributed by atoms with Crippen molar-refractivity contribution in [3.8, 4) is 11.5 Å². The Morgan fingerprint density at radius 3 is 2.58 bits per heavy atom. The van der Waals surface area contributed by atoms with Gasteiger partial charge in [0.25, 0.3) is 0 Å². The number of alkyl halides is 3. The molecule has 1 saturated heterocycles. The molecule has 0 aliphatic carbocycles. The molecule has 1 aromatic carbocycles. The van der Waals surface area contributed by atoms with Crippen molar-refractivity contribution in [1.29, 1.82) is 0 Å². The van der Waals surface area contributed by atoms with Gasteiger partial charge in [0.05, 0.1) is 7.11 Å². The van der Waals surface area contributed by atoms with E-state index in [1.807, 2.05) is 0 Å². The van der Waals surface area contributed by atoms with Gasteiger partial charge in [-0.3, -0.25) is 4.90 Å². The number of piperazine rings is 1. The van der Waals surface area contributed by atoms with Gasteiger partial charge in [-0.25, -0.2) is 0 Å². The van der Waals surface area contributed by atoms with Gasteiger partial charge in [-0.1, -0.05) is 6.07 Å². The predicted octanol–water partition coefficient (Wildman–Crippen LogP) is 2.31. The standard InChI is InChI=1S/C16H23F3N2O3/c1-23-15-11-12(24-16(17,18)19)4-5-13(15)14(3-2-10-22)21-8-6-20-7-9-21/h4-5,11,14,20,22H,2-3,6-10H2,1H3/t14-/m0/s1. The van der Waals surface area contributed by atoms with E-state index >= 15 is 0 Å². The maximum atomic E-state index is 12.4. The minimum atomic E-state index is -4.73. The fourth-order valence-electron chi connectivity index (χ4n) is 2.98. The molecule has 0 bridgehead atoms. The normalized spacial score (nSPS) is 17.5. The molecule has 0 saturated carbocycles. The van der Waals surface area contributed by atoms with Crippen molar-refractivity contribution in [2.24, 2.45) is 0 Å². The number of rotatable bonds is 7. The topological polar surface area (TPSA) is 54.0 Å². The lowest BCUT2D eigenvalue weighted by atomic mass is 9.98. The number of aliphatic hydroxyl groups is 1. The molecule has 1 aromatic rings. The van der Waals surface area contributed by atoms with Gasteiger partial charge in [-0.15, -0.1) is 13.2 Å². The summed E-state index contributed by atoms with van der Waals surface area (Å²) in [5.41, 5.74) is 0.808. The van der Waals surface area contributed by atoms with E-state index in [0.29, 0.717) is 18.6 Å². The zero-order chi connectivity index (χ0) is 17.6. The Kier molecular flexibility index (Phi) is 6.70. The number of methoxy groups -OCH3 is 1. The van der Waals surface area contributed by atoms with Crippen molar-refractivity contribution in [3.05, 3.63) is 23.8 Å². The van der Waals surface area contributed by atoms with Crippen LogP contribution in [0.1, 0.15) is 24.4 Å². The van der Waals surface area contributed by atoms with Gasteiger partial charge in [0.15, 0.2) is 0 Å². The van der Waals surface area contributed by atoms with Crippen molar-refractivity contribution < 1.29 is 27.8 Å². The van der Waals surface area contributed by atoms with E-state index in [4.69, 9.17) is 9.84 Å². The third-order valence-electron chi connectivity index (χ3n) is 4.03. The molecule has 0 spiro atoms. The Balaban J connectivity index is 2.26. The zero-order valence-electron chi connectivity index (χ0n) is 13.6. The maximum Gasteiger partial charge on any atom is 0.573 e. The molecule has 0 unspecified atom stereocenters. The Morgan fingerprint density at radius 2 is 2.00 bits per heavy atom. The van der Waals surface area contributed by atoms with E-state index < -0.39 is 6.36 Å². The minimum absolute atomic E-state index is 0.0193. The van der Waals surface area contributed by atoms with Crippen LogP contribution in [0.15, 0.2) is 18.2 Å². The van der Waals surface area contributed by atoms with Crippen LogP contribution in [0.2, 0.25) is 0 Å². The second-order valence-corrected chi connectivity index (χ2v) is 5.62. The highest BCUT2D eigenvalue weighted by atomic mass is 19.4. The van der Waals surface area contributed by atoms with Gasteiger partial charge in [0.1, 0.15) is 11.5 Å². The van der Waals surface area contributed by atoms with Gasteiger partial charge >= 0.3 is 6.36 Å². The number of ether oxygens (including phenoxy) is 2. The monoisotopic (exact) mass is 348 g/mol. The van der Waals surface area contributed by atoms with Crippen molar-refractivity contribution in [3.63, 3.8) is 0 Å². The molecule has 1 atom stereocenters. The first-order valence-electron chi connectivity index (χ1n) is 7.94. The van der Waals surface area contributed by atoms with E-state index in [-0.39, 0.29) is 18.4 Å². The predicted molar refractivity (Wildman–Crippen MR) is 83.2 cm³/mol. The van der Waals surface area contributed by atoms with E-state index in [0.717, 1.165) is 31.7 Å². The molecular formula is C16H23F3N2O3. The van der Waals surface area contributed by atoms with Gasteiger partial charge < -0.3 is 19.9 Å². The van der Waals surface area contributed by atoms with Crippen LogP contribution in [0.5, 0.6) is 11.5 Å². The molecular weight excluding hydrogens is 325 g/mol. The number of nitrogens with one attached hydrogen (secondary N) is 1. The van der Waals surface area contributed by atoms with E-state index in [9.17, 15) is 13.2 Å². The van der Waals surface area contributed by atoms with E-state index in [1.165, 1.54) is 19.2 Å². The van der Waals surface area contributed by atoms with Crippen molar-refractivity contribution in [2.45, 2.75) is 25.2 Å². The van der Waals surface area contributed by atoms with Crippen LogP contribution < -0.4 is 14.8 Å². The number of hydrogen-bond donors (Lipinski definition) is 2. The summed E-state index contributed by atoms with van der Waals surface area (Å²) in [6, 6.07) is 4.16. The highest BCUT2D eigenvalue weighted by Crippen LogP contribution is 2.36. The average molecular weight is 348 g/mol. The maximum absolute atomic E-state index is 12.4. The quantitative estimate of drug-likeness (QED) is 0.792. The molecule has 1 aliphatic rings. The van der Waals surface area contributed by atoms with Crippen LogP contribution >= 0.6 is 0 Å².